The molecule has 0 spiro atoms. The molecule has 0 bridgehead atoms. The lowest BCUT2D eigenvalue weighted by atomic mass is 10.1. The third-order valence-corrected chi connectivity index (χ3v) is 5.49. The Morgan fingerprint density at radius 2 is 1.73 bits per heavy atom. The highest BCUT2D eigenvalue weighted by Gasteiger charge is 2.21. The lowest BCUT2D eigenvalue weighted by molar-refractivity contribution is 0.636. The molecular formula is C25H16FN7. The molecule has 0 fully saturated rings. The Morgan fingerprint density at radius 3 is 2.58 bits per heavy atom. The molecule has 0 unspecified atom stereocenters. The molecule has 6 rings (SSSR count). The second kappa shape index (κ2) is 7.80. The third kappa shape index (κ3) is 3.66. The number of fused-ring (bicyclic) bond motifs is 2. The van der Waals surface area contributed by atoms with E-state index in [4.69, 9.17) is 0 Å². The summed E-state index contributed by atoms with van der Waals surface area (Å²) in [7, 11) is 0. The SMILES string of the molecule is Fc1cc(C#Cc2ccnc(-c3ccnc(N4Cc5ccccc5C4)n3)n2)cc2cn[nH]c12. The minimum atomic E-state index is -0.393. The van der Waals surface area contributed by atoms with Gasteiger partial charge in [-0.1, -0.05) is 30.2 Å². The summed E-state index contributed by atoms with van der Waals surface area (Å²) in [6.07, 6.45) is 4.92. The zero-order valence-electron chi connectivity index (χ0n) is 17.3. The number of nitrogens with one attached hydrogen (secondary N) is 1. The van der Waals surface area contributed by atoms with Gasteiger partial charge in [0.25, 0.3) is 0 Å². The van der Waals surface area contributed by atoms with E-state index in [2.05, 4.69) is 59.0 Å². The molecule has 158 valence electrons. The fourth-order valence-corrected chi connectivity index (χ4v) is 3.87. The number of hydrogen-bond acceptors (Lipinski definition) is 6. The quantitative estimate of drug-likeness (QED) is 0.426. The largest absolute Gasteiger partial charge is 0.332 e. The van der Waals surface area contributed by atoms with Crippen molar-refractivity contribution < 1.29 is 4.39 Å². The molecule has 0 saturated carbocycles. The van der Waals surface area contributed by atoms with E-state index in [9.17, 15) is 4.39 Å². The number of nitrogens with zero attached hydrogens (tertiary/aromatic N) is 6. The van der Waals surface area contributed by atoms with Crippen LogP contribution in [0.1, 0.15) is 22.4 Å². The lowest BCUT2D eigenvalue weighted by Gasteiger charge is -2.15. The Morgan fingerprint density at radius 1 is 0.909 bits per heavy atom. The first-order valence-corrected chi connectivity index (χ1v) is 10.4. The van der Waals surface area contributed by atoms with Crippen LogP contribution in [0.3, 0.4) is 0 Å². The van der Waals surface area contributed by atoms with Gasteiger partial charge in [0, 0.05) is 36.4 Å². The molecule has 2 aromatic carbocycles. The van der Waals surface area contributed by atoms with Crippen molar-refractivity contribution in [2.45, 2.75) is 13.1 Å². The molecule has 0 radical (unpaired) electrons. The van der Waals surface area contributed by atoms with Crippen LogP contribution in [0, 0.1) is 17.7 Å². The van der Waals surface area contributed by atoms with E-state index in [1.807, 2.05) is 12.1 Å². The topological polar surface area (TPSA) is 83.5 Å². The minimum absolute atomic E-state index is 0.366. The highest BCUT2D eigenvalue weighted by atomic mass is 19.1. The first kappa shape index (κ1) is 19.1. The molecule has 1 aliphatic heterocycles. The summed E-state index contributed by atoms with van der Waals surface area (Å²) in [5, 5.41) is 7.17. The molecule has 0 saturated heterocycles. The Kier molecular flexibility index (Phi) is 4.51. The summed E-state index contributed by atoms with van der Waals surface area (Å²) in [6, 6.07) is 15.0. The van der Waals surface area contributed by atoms with Crippen LogP contribution in [0.5, 0.6) is 0 Å². The molecule has 4 heterocycles. The van der Waals surface area contributed by atoms with Gasteiger partial charge in [-0.05, 0) is 41.3 Å². The molecular weight excluding hydrogens is 417 g/mol. The fraction of sp³-hybridized carbons (Fsp3) is 0.0800. The molecule has 3 aromatic heterocycles. The van der Waals surface area contributed by atoms with Gasteiger partial charge in [0.15, 0.2) is 5.82 Å². The second-order valence-electron chi connectivity index (χ2n) is 7.67. The average molecular weight is 433 g/mol. The molecule has 0 amide bonds. The third-order valence-electron chi connectivity index (χ3n) is 5.49. The molecule has 8 heteroatoms. The number of anilines is 1. The van der Waals surface area contributed by atoms with Gasteiger partial charge in [0.05, 0.1) is 6.20 Å². The van der Waals surface area contributed by atoms with Crippen LogP contribution in [0.25, 0.3) is 22.4 Å². The number of aromatic nitrogens is 6. The minimum Gasteiger partial charge on any atom is -0.332 e. The molecule has 1 aliphatic rings. The molecule has 0 atom stereocenters. The Bertz CT molecular complexity index is 1540. The maximum Gasteiger partial charge on any atom is 0.226 e. The molecule has 5 aromatic rings. The van der Waals surface area contributed by atoms with Gasteiger partial charge in [-0.15, -0.1) is 0 Å². The van der Waals surface area contributed by atoms with E-state index in [0.29, 0.717) is 39.6 Å². The standard InChI is InChI=1S/C25H16FN7/c26-21-12-16(11-19-13-29-32-23(19)21)5-6-20-7-9-27-24(30-20)22-8-10-28-25(31-22)33-14-17-3-1-2-4-18(17)15-33/h1-4,7-13H,14-15H2,(H,29,32). The van der Waals surface area contributed by atoms with E-state index in [0.717, 1.165) is 13.1 Å². The van der Waals surface area contributed by atoms with Crippen LogP contribution in [0.4, 0.5) is 10.3 Å². The van der Waals surface area contributed by atoms with E-state index in [1.165, 1.54) is 17.2 Å². The van der Waals surface area contributed by atoms with Crippen molar-refractivity contribution in [2.75, 3.05) is 4.90 Å². The Balaban J connectivity index is 1.28. The van der Waals surface area contributed by atoms with Crippen molar-refractivity contribution >= 4 is 16.9 Å². The van der Waals surface area contributed by atoms with Crippen molar-refractivity contribution in [1.29, 1.82) is 0 Å². The number of rotatable bonds is 2. The van der Waals surface area contributed by atoms with Gasteiger partial charge in [-0.3, -0.25) is 5.10 Å². The molecule has 33 heavy (non-hydrogen) atoms. The zero-order valence-corrected chi connectivity index (χ0v) is 17.3. The first-order chi connectivity index (χ1) is 16.2. The summed E-state index contributed by atoms with van der Waals surface area (Å²) in [5.41, 5.74) is 4.60. The van der Waals surface area contributed by atoms with Gasteiger partial charge >= 0.3 is 0 Å². The number of halogens is 1. The van der Waals surface area contributed by atoms with Crippen LogP contribution < -0.4 is 4.90 Å². The average Bonchev–Trinajstić information content (AvgIpc) is 3.50. The number of H-pyrrole nitrogens is 1. The van der Waals surface area contributed by atoms with Crippen molar-refractivity contribution in [3.8, 4) is 23.4 Å². The van der Waals surface area contributed by atoms with Crippen molar-refractivity contribution in [2.24, 2.45) is 0 Å². The normalized spacial score (nSPS) is 12.5. The van der Waals surface area contributed by atoms with Crippen molar-refractivity contribution in [3.63, 3.8) is 0 Å². The second-order valence-corrected chi connectivity index (χ2v) is 7.67. The monoisotopic (exact) mass is 433 g/mol. The van der Waals surface area contributed by atoms with E-state index in [-0.39, 0.29) is 0 Å². The van der Waals surface area contributed by atoms with Crippen LogP contribution in [0.2, 0.25) is 0 Å². The van der Waals surface area contributed by atoms with Gasteiger partial charge in [0.2, 0.25) is 5.95 Å². The summed E-state index contributed by atoms with van der Waals surface area (Å²) < 4.78 is 14.2. The highest BCUT2D eigenvalue weighted by Crippen LogP contribution is 2.26. The molecule has 0 aliphatic carbocycles. The van der Waals surface area contributed by atoms with Gasteiger partial charge in [-0.2, -0.15) is 5.10 Å². The molecule has 1 N–H and O–H groups in total. The maximum absolute atomic E-state index is 14.2. The van der Waals surface area contributed by atoms with Gasteiger partial charge in [0.1, 0.15) is 22.7 Å². The van der Waals surface area contributed by atoms with Crippen LogP contribution in [0.15, 0.2) is 67.1 Å². The predicted molar refractivity (Wildman–Crippen MR) is 121 cm³/mol. The number of benzene rings is 2. The van der Waals surface area contributed by atoms with E-state index >= 15 is 0 Å². The fourth-order valence-electron chi connectivity index (χ4n) is 3.87. The Labute approximate surface area is 188 Å². The predicted octanol–water partition coefficient (Wildman–Crippen LogP) is 3.87. The number of hydrogen-bond donors (Lipinski definition) is 1. The smallest absolute Gasteiger partial charge is 0.226 e. The van der Waals surface area contributed by atoms with Crippen molar-refractivity contribution in [1.82, 2.24) is 30.1 Å². The van der Waals surface area contributed by atoms with Crippen LogP contribution in [-0.2, 0) is 13.1 Å². The van der Waals surface area contributed by atoms with E-state index in [1.54, 1.807) is 36.8 Å². The zero-order chi connectivity index (χ0) is 22.2. The van der Waals surface area contributed by atoms with Gasteiger partial charge in [-0.25, -0.2) is 24.3 Å². The van der Waals surface area contributed by atoms with Crippen molar-refractivity contribution in [3.05, 3.63) is 95.3 Å². The maximum atomic E-state index is 14.2. The van der Waals surface area contributed by atoms with Crippen LogP contribution in [-0.4, -0.2) is 30.1 Å². The molecule has 7 nitrogen and oxygen atoms in total. The highest BCUT2D eigenvalue weighted by molar-refractivity contribution is 5.80. The first-order valence-electron chi connectivity index (χ1n) is 10.4. The Hall–Kier alpha value is -4.64. The summed E-state index contributed by atoms with van der Waals surface area (Å²) in [4.78, 5) is 20.2. The lowest BCUT2D eigenvalue weighted by Crippen LogP contribution is -2.17. The van der Waals surface area contributed by atoms with E-state index < -0.39 is 5.82 Å². The number of aromatic amines is 1. The van der Waals surface area contributed by atoms with Crippen LogP contribution >= 0.6 is 0 Å². The summed E-state index contributed by atoms with van der Waals surface area (Å²) >= 11 is 0. The summed E-state index contributed by atoms with van der Waals surface area (Å²) in [5.74, 6) is 6.65. The summed E-state index contributed by atoms with van der Waals surface area (Å²) in [6.45, 7) is 1.53. The van der Waals surface area contributed by atoms with Gasteiger partial charge < -0.3 is 4.90 Å².